The van der Waals surface area contributed by atoms with E-state index in [4.69, 9.17) is 9.84 Å². The molecule has 2 N–H and O–H groups in total. The van der Waals surface area contributed by atoms with Gasteiger partial charge >= 0.3 is 30.8 Å². The van der Waals surface area contributed by atoms with Gasteiger partial charge in [0.2, 0.25) is 0 Å². The van der Waals surface area contributed by atoms with Crippen LogP contribution in [0, 0.1) is 0 Å². The Bertz CT molecular complexity index is 291. The molecule has 94 valence electrons. The van der Waals surface area contributed by atoms with Crippen molar-refractivity contribution in [2.45, 2.75) is 38.8 Å². The third-order valence-corrected chi connectivity index (χ3v) is 2.11. The number of hydrogen-bond donors (Lipinski definition) is 2. The average Bonchev–Trinajstić information content (AvgIpc) is 2.47. The zero-order valence-corrected chi connectivity index (χ0v) is 9.82. The van der Waals surface area contributed by atoms with E-state index in [0.29, 0.717) is 13.0 Å². The number of carboxylic acids is 1. The fourth-order valence-corrected chi connectivity index (χ4v) is 1.55. The Hall–Kier alpha value is -0.543. The number of rotatable bonds is 3. The molecular weight excluding hydrogens is 219 g/mol. The van der Waals surface area contributed by atoms with E-state index in [0.717, 1.165) is 0 Å². The van der Waals surface area contributed by atoms with Gasteiger partial charge in [-0.3, -0.25) is 15.0 Å². The van der Waals surface area contributed by atoms with Crippen molar-refractivity contribution in [1.82, 2.24) is 10.4 Å². The van der Waals surface area contributed by atoms with Crippen molar-refractivity contribution in [3.63, 3.8) is 0 Å². The van der Waals surface area contributed by atoms with E-state index in [1.54, 1.807) is 20.8 Å². The van der Waals surface area contributed by atoms with E-state index in [1.807, 2.05) is 0 Å². The third kappa shape index (κ3) is 5.55. The SMILES string of the molecule is CC(C)(C)OC(=O)CN1NCC[C@H]1C(=O)O.[LiH]. The quantitative estimate of drug-likeness (QED) is 0.502. The Labute approximate surface area is 113 Å². The van der Waals surface area contributed by atoms with Gasteiger partial charge in [0.05, 0.1) is 0 Å². The predicted molar refractivity (Wildman–Crippen MR) is 63.7 cm³/mol. The summed E-state index contributed by atoms with van der Waals surface area (Å²) in [6, 6.07) is -0.646. The van der Waals surface area contributed by atoms with Crippen molar-refractivity contribution in [3.05, 3.63) is 0 Å². The molecule has 1 aliphatic rings. The maximum atomic E-state index is 11.5. The molecule has 0 unspecified atom stereocenters. The summed E-state index contributed by atoms with van der Waals surface area (Å²) in [5.74, 6) is -1.35. The number of aliphatic carboxylic acids is 1. The van der Waals surface area contributed by atoms with Crippen LogP contribution in [0.1, 0.15) is 27.2 Å². The number of nitrogens with one attached hydrogen (secondary N) is 1. The molecule has 0 aromatic heterocycles. The van der Waals surface area contributed by atoms with Crippen molar-refractivity contribution >= 4 is 30.8 Å². The molecule has 1 rings (SSSR count). The summed E-state index contributed by atoms with van der Waals surface area (Å²) in [5, 5.41) is 10.3. The fraction of sp³-hybridized carbons (Fsp3) is 0.800. The monoisotopic (exact) mass is 238 g/mol. The first-order valence-electron chi connectivity index (χ1n) is 5.24. The normalized spacial score (nSPS) is 20.8. The van der Waals surface area contributed by atoms with Crippen molar-refractivity contribution in [2.24, 2.45) is 0 Å². The minimum atomic E-state index is -0.923. The van der Waals surface area contributed by atoms with Crippen LogP contribution in [0.5, 0.6) is 0 Å². The third-order valence-electron chi connectivity index (χ3n) is 2.11. The van der Waals surface area contributed by atoms with Gasteiger partial charge in [-0.1, -0.05) is 0 Å². The van der Waals surface area contributed by atoms with E-state index in [9.17, 15) is 9.59 Å². The Morgan fingerprint density at radius 1 is 1.47 bits per heavy atom. The molecule has 0 aromatic carbocycles. The molecule has 1 aliphatic heterocycles. The second kappa shape index (κ2) is 6.41. The maximum absolute atomic E-state index is 11.5. The second-order valence-corrected chi connectivity index (χ2v) is 4.77. The van der Waals surface area contributed by atoms with Gasteiger partial charge in [0.1, 0.15) is 18.2 Å². The zero-order valence-electron chi connectivity index (χ0n) is 9.82. The van der Waals surface area contributed by atoms with E-state index < -0.39 is 23.6 Å². The molecule has 6 nitrogen and oxygen atoms in total. The topological polar surface area (TPSA) is 78.9 Å². The van der Waals surface area contributed by atoms with Crippen LogP contribution < -0.4 is 5.43 Å². The Morgan fingerprint density at radius 3 is 2.53 bits per heavy atom. The molecule has 1 saturated heterocycles. The summed E-state index contributed by atoms with van der Waals surface area (Å²) in [7, 11) is 0. The molecular formula is C10H19LiN2O4. The first-order chi connectivity index (χ1) is 7.29. The standard InChI is InChI=1S/C10H18N2O4.Li.H/c1-10(2,3)16-8(13)6-12-7(9(14)15)4-5-11-12;;/h7,11H,4-6H2,1-3H3,(H,14,15);;/t7-;;/m0../s1. The second-order valence-electron chi connectivity index (χ2n) is 4.77. The number of carbonyl (C=O) groups excluding carboxylic acids is 1. The summed E-state index contributed by atoms with van der Waals surface area (Å²) in [5.41, 5.74) is 2.31. The van der Waals surface area contributed by atoms with Gasteiger partial charge in [-0.05, 0) is 27.2 Å². The van der Waals surface area contributed by atoms with Gasteiger partial charge in [0.25, 0.3) is 0 Å². The van der Waals surface area contributed by atoms with Crippen LogP contribution in [0.25, 0.3) is 0 Å². The van der Waals surface area contributed by atoms with Crippen LogP contribution in [-0.4, -0.2) is 65.6 Å². The van der Waals surface area contributed by atoms with Crippen molar-refractivity contribution < 1.29 is 19.4 Å². The molecule has 0 saturated carbocycles. The van der Waals surface area contributed by atoms with Crippen molar-refractivity contribution in [2.75, 3.05) is 13.1 Å². The van der Waals surface area contributed by atoms with Gasteiger partial charge < -0.3 is 9.84 Å². The van der Waals surface area contributed by atoms with Gasteiger partial charge in [0.15, 0.2) is 0 Å². The number of ether oxygens (including phenoxy) is 1. The predicted octanol–water partition coefficient (Wildman–Crippen LogP) is -0.657. The summed E-state index contributed by atoms with van der Waals surface area (Å²) in [4.78, 5) is 22.3. The van der Waals surface area contributed by atoms with Gasteiger partial charge in [-0.15, -0.1) is 0 Å². The molecule has 0 aromatic rings. The molecule has 7 heteroatoms. The van der Waals surface area contributed by atoms with Crippen LogP contribution in [0.15, 0.2) is 0 Å². The minimum absolute atomic E-state index is 0. The van der Waals surface area contributed by atoms with Crippen molar-refractivity contribution in [3.8, 4) is 0 Å². The number of hydrogen-bond acceptors (Lipinski definition) is 5. The summed E-state index contributed by atoms with van der Waals surface area (Å²) in [6.07, 6.45) is 0.498. The Morgan fingerprint density at radius 2 is 2.06 bits per heavy atom. The van der Waals surface area contributed by atoms with Crippen LogP contribution in [0.4, 0.5) is 0 Å². The summed E-state index contributed by atoms with van der Waals surface area (Å²) < 4.78 is 5.11. The zero-order chi connectivity index (χ0) is 12.3. The number of hydrazine groups is 1. The fourth-order valence-electron chi connectivity index (χ4n) is 1.55. The molecule has 1 atom stereocenters. The van der Waals surface area contributed by atoms with Crippen molar-refractivity contribution in [1.29, 1.82) is 0 Å². The van der Waals surface area contributed by atoms with Gasteiger partial charge in [-0.25, -0.2) is 5.01 Å². The van der Waals surface area contributed by atoms with E-state index in [-0.39, 0.29) is 25.4 Å². The number of nitrogens with zero attached hydrogens (tertiary/aromatic N) is 1. The Balaban J connectivity index is 0.00000256. The van der Waals surface area contributed by atoms with Gasteiger partial charge in [0, 0.05) is 6.54 Å². The molecule has 0 amide bonds. The van der Waals surface area contributed by atoms with Gasteiger partial charge in [-0.2, -0.15) is 0 Å². The molecule has 0 bridgehead atoms. The molecule has 1 fully saturated rings. The van der Waals surface area contributed by atoms with Crippen LogP contribution in [0.2, 0.25) is 0 Å². The van der Waals surface area contributed by atoms with Crippen LogP contribution >= 0.6 is 0 Å². The number of esters is 1. The number of carbonyl (C=O) groups is 2. The molecule has 0 aliphatic carbocycles. The van der Waals surface area contributed by atoms with E-state index >= 15 is 0 Å². The molecule has 0 radical (unpaired) electrons. The average molecular weight is 238 g/mol. The Kier molecular flexibility index (Phi) is 6.20. The van der Waals surface area contributed by atoms with E-state index in [1.165, 1.54) is 5.01 Å². The van der Waals surface area contributed by atoms with Crippen LogP contribution in [-0.2, 0) is 14.3 Å². The summed E-state index contributed by atoms with van der Waals surface area (Å²) in [6.45, 7) is 5.85. The first kappa shape index (κ1) is 16.5. The molecule has 17 heavy (non-hydrogen) atoms. The molecule has 1 heterocycles. The first-order valence-corrected chi connectivity index (χ1v) is 5.24. The number of carboxylic acid groups (broad SMARTS) is 1. The summed E-state index contributed by atoms with van der Waals surface area (Å²) >= 11 is 0. The van der Waals surface area contributed by atoms with E-state index in [2.05, 4.69) is 5.43 Å². The molecule has 0 spiro atoms. The van der Waals surface area contributed by atoms with Crippen LogP contribution in [0.3, 0.4) is 0 Å².